The maximum atomic E-state index is 13.5. The van der Waals surface area contributed by atoms with Crippen molar-refractivity contribution in [1.29, 1.82) is 0 Å². The summed E-state index contributed by atoms with van der Waals surface area (Å²) in [5, 5.41) is 3.25. The van der Waals surface area contributed by atoms with Crippen LogP contribution in [-0.2, 0) is 9.59 Å². The van der Waals surface area contributed by atoms with Gasteiger partial charge < -0.3 is 15.1 Å². The van der Waals surface area contributed by atoms with Gasteiger partial charge in [0.25, 0.3) is 0 Å². The van der Waals surface area contributed by atoms with Crippen molar-refractivity contribution in [3.63, 3.8) is 0 Å². The van der Waals surface area contributed by atoms with Crippen molar-refractivity contribution in [3.05, 3.63) is 18.5 Å². The van der Waals surface area contributed by atoms with Crippen molar-refractivity contribution < 1.29 is 9.59 Å². The highest BCUT2D eigenvalue weighted by atomic mass is 16.2. The van der Waals surface area contributed by atoms with Gasteiger partial charge in [-0.1, -0.05) is 13.8 Å². The van der Waals surface area contributed by atoms with Gasteiger partial charge in [-0.2, -0.15) is 0 Å². The molecule has 1 N–H and O–H groups in total. The summed E-state index contributed by atoms with van der Waals surface area (Å²) in [5.41, 5.74) is -0.217. The summed E-state index contributed by atoms with van der Waals surface area (Å²) in [7, 11) is 0. The van der Waals surface area contributed by atoms with Crippen LogP contribution in [0, 0.1) is 29.1 Å². The Morgan fingerprint density at radius 2 is 1.52 bits per heavy atom. The summed E-state index contributed by atoms with van der Waals surface area (Å²) in [6.45, 7) is 6.77. The van der Waals surface area contributed by atoms with E-state index in [-0.39, 0.29) is 23.1 Å². The summed E-state index contributed by atoms with van der Waals surface area (Å²) in [4.78, 5) is 39.6. The van der Waals surface area contributed by atoms with E-state index >= 15 is 0 Å². The van der Waals surface area contributed by atoms with E-state index in [4.69, 9.17) is 0 Å². The molecule has 0 aromatic carbocycles. The van der Waals surface area contributed by atoms with Gasteiger partial charge in [0.2, 0.25) is 17.8 Å². The minimum atomic E-state index is -0.444. The molecule has 1 saturated heterocycles. The van der Waals surface area contributed by atoms with Crippen LogP contribution in [0.4, 0.5) is 5.95 Å². The highest BCUT2D eigenvalue weighted by molar-refractivity contribution is 5.90. The van der Waals surface area contributed by atoms with Gasteiger partial charge in [0.05, 0.1) is 0 Å². The molecule has 4 aliphatic carbocycles. The standard InChI is InChI=1S/C24H35N5O2/c1-16(2)20(21(30)28-6-8-29(9-7-28)23-25-4-3-5-26-23)27-22(31)24-13-17-10-18(14-24)12-19(11-17)15-24/h3-5,16-20H,6-15H2,1-2H3,(H,27,31). The van der Waals surface area contributed by atoms with Crippen LogP contribution in [-0.4, -0.2) is 58.9 Å². The molecule has 1 unspecified atom stereocenters. The third kappa shape index (κ3) is 3.92. The fraction of sp³-hybridized carbons (Fsp3) is 0.750. The predicted molar refractivity (Wildman–Crippen MR) is 118 cm³/mol. The Hall–Kier alpha value is -2.18. The molecule has 5 aliphatic rings. The molecule has 0 spiro atoms. The molecule has 1 aromatic heterocycles. The average molecular weight is 426 g/mol. The highest BCUT2D eigenvalue weighted by Crippen LogP contribution is 2.60. The van der Waals surface area contributed by atoms with E-state index in [1.54, 1.807) is 12.4 Å². The number of aromatic nitrogens is 2. The lowest BCUT2D eigenvalue weighted by atomic mass is 9.49. The molecule has 1 aliphatic heterocycles. The largest absolute Gasteiger partial charge is 0.344 e. The first-order chi connectivity index (χ1) is 14.9. The van der Waals surface area contributed by atoms with Gasteiger partial charge in [-0.05, 0) is 68.3 Å². The predicted octanol–water partition coefficient (Wildman–Crippen LogP) is 2.48. The van der Waals surface area contributed by atoms with Crippen LogP contribution in [0.2, 0.25) is 0 Å². The molecule has 2 amide bonds. The molecule has 6 rings (SSSR count). The van der Waals surface area contributed by atoms with Crippen LogP contribution < -0.4 is 10.2 Å². The van der Waals surface area contributed by atoms with Crippen LogP contribution in [0.3, 0.4) is 0 Å². The molecule has 4 bridgehead atoms. The second kappa shape index (κ2) is 8.06. The average Bonchev–Trinajstić information content (AvgIpc) is 2.76. The molecule has 1 aromatic rings. The van der Waals surface area contributed by atoms with Gasteiger partial charge in [-0.25, -0.2) is 9.97 Å². The fourth-order valence-corrected chi connectivity index (χ4v) is 6.97. The van der Waals surface area contributed by atoms with Gasteiger partial charge in [0.1, 0.15) is 6.04 Å². The maximum absolute atomic E-state index is 13.5. The Balaban J connectivity index is 1.23. The van der Waals surface area contributed by atoms with Gasteiger partial charge >= 0.3 is 0 Å². The van der Waals surface area contributed by atoms with Crippen molar-refractivity contribution in [2.24, 2.45) is 29.1 Å². The first kappa shape index (κ1) is 20.7. The fourth-order valence-electron chi connectivity index (χ4n) is 6.97. The lowest BCUT2D eigenvalue weighted by Crippen LogP contribution is -2.60. The van der Waals surface area contributed by atoms with E-state index in [9.17, 15) is 9.59 Å². The summed E-state index contributed by atoms with van der Waals surface area (Å²) in [5.74, 6) is 3.15. The van der Waals surface area contributed by atoms with Crippen LogP contribution in [0.5, 0.6) is 0 Å². The van der Waals surface area contributed by atoms with Gasteiger partial charge in [-0.3, -0.25) is 9.59 Å². The zero-order valence-corrected chi connectivity index (χ0v) is 18.8. The summed E-state index contributed by atoms with van der Waals surface area (Å²) < 4.78 is 0. The number of carbonyl (C=O) groups is 2. The lowest BCUT2D eigenvalue weighted by molar-refractivity contribution is -0.150. The third-order valence-corrected chi connectivity index (χ3v) is 8.17. The van der Waals surface area contributed by atoms with Crippen molar-refractivity contribution in [3.8, 4) is 0 Å². The molecule has 1 atom stereocenters. The Morgan fingerprint density at radius 3 is 2.03 bits per heavy atom. The van der Waals surface area contributed by atoms with Gasteiger partial charge in [-0.15, -0.1) is 0 Å². The Kier molecular flexibility index (Phi) is 5.39. The molecule has 5 fully saturated rings. The second-order valence-electron chi connectivity index (χ2n) is 10.8. The van der Waals surface area contributed by atoms with Crippen LogP contribution in [0.25, 0.3) is 0 Å². The molecule has 4 saturated carbocycles. The number of hydrogen-bond acceptors (Lipinski definition) is 5. The Bertz CT molecular complexity index is 783. The van der Waals surface area contributed by atoms with Crippen molar-refractivity contribution in [1.82, 2.24) is 20.2 Å². The van der Waals surface area contributed by atoms with E-state index in [0.29, 0.717) is 32.1 Å². The molecule has 7 heteroatoms. The first-order valence-corrected chi connectivity index (χ1v) is 12.1. The topological polar surface area (TPSA) is 78.4 Å². The molecular weight excluding hydrogens is 390 g/mol. The number of rotatable bonds is 5. The quantitative estimate of drug-likeness (QED) is 0.784. The summed E-state index contributed by atoms with van der Waals surface area (Å²) >= 11 is 0. The minimum Gasteiger partial charge on any atom is -0.344 e. The monoisotopic (exact) mass is 425 g/mol. The smallest absolute Gasteiger partial charge is 0.245 e. The normalized spacial score (nSPS) is 32.9. The van der Waals surface area contributed by atoms with E-state index in [2.05, 4.69) is 20.2 Å². The zero-order valence-electron chi connectivity index (χ0n) is 18.8. The van der Waals surface area contributed by atoms with Crippen LogP contribution in [0.1, 0.15) is 52.4 Å². The maximum Gasteiger partial charge on any atom is 0.245 e. The summed E-state index contributed by atoms with van der Waals surface area (Å²) in [6, 6.07) is 1.36. The number of amides is 2. The molecule has 168 valence electrons. The SMILES string of the molecule is CC(C)C(NC(=O)C12CC3CC(CC(C3)C1)C2)C(=O)N1CCN(c2ncccn2)CC1. The van der Waals surface area contributed by atoms with Gasteiger partial charge in [0, 0.05) is 44.0 Å². The molecule has 2 heterocycles. The Morgan fingerprint density at radius 1 is 0.968 bits per heavy atom. The molecule has 7 nitrogen and oxygen atoms in total. The van der Waals surface area contributed by atoms with E-state index in [1.165, 1.54) is 19.3 Å². The Labute approximate surface area is 185 Å². The number of piperazine rings is 1. The number of carbonyl (C=O) groups excluding carboxylic acids is 2. The zero-order chi connectivity index (χ0) is 21.6. The van der Waals surface area contributed by atoms with Crippen LogP contribution in [0.15, 0.2) is 18.5 Å². The molecular formula is C24H35N5O2. The number of nitrogens with one attached hydrogen (secondary N) is 1. The van der Waals surface area contributed by atoms with Crippen molar-refractivity contribution in [2.75, 3.05) is 31.1 Å². The lowest BCUT2D eigenvalue weighted by Gasteiger charge is -2.56. The molecule has 0 radical (unpaired) electrons. The van der Waals surface area contributed by atoms with Crippen molar-refractivity contribution >= 4 is 17.8 Å². The molecule has 31 heavy (non-hydrogen) atoms. The number of nitrogens with zero attached hydrogens (tertiary/aromatic N) is 4. The second-order valence-corrected chi connectivity index (χ2v) is 10.8. The van der Waals surface area contributed by atoms with Gasteiger partial charge in [0.15, 0.2) is 0 Å². The number of anilines is 1. The minimum absolute atomic E-state index is 0.0571. The van der Waals surface area contributed by atoms with Crippen molar-refractivity contribution in [2.45, 2.75) is 58.4 Å². The third-order valence-electron chi connectivity index (χ3n) is 8.17. The first-order valence-electron chi connectivity index (χ1n) is 12.1. The van der Waals surface area contributed by atoms with E-state index in [0.717, 1.165) is 37.0 Å². The highest BCUT2D eigenvalue weighted by Gasteiger charge is 2.55. The van der Waals surface area contributed by atoms with Crippen LogP contribution >= 0.6 is 0 Å². The number of hydrogen-bond donors (Lipinski definition) is 1. The summed E-state index contributed by atoms with van der Waals surface area (Å²) in [6.07, 6.45) is 10.5. The van der Waals surface area contributed by atoms with E-state index in [1.807, 2.05) is 24.8 Å². The van der Waals surface area contributed by atoms with E-state index < -0.39 is 6.04 Å².